The number of aromatic amines is 1. The molecule has 2 saturated heterocycles. The highest BCUT2D eigenvalue weighted by Crippen LogP contribution is 2.37. The van der Waals surface area contributed by atoms with Crippen LogP contribution in [0.4, 0.5) is 13.2 Å². The monoisotopic (exact) mass is 852 g/mol. The number of carbonyl (C=O) groups excluding carboxylic acids is 2. The van der Waals surface area contributed by atoms with E-state index in [-0.39, 0.29) is 54.9 Å². The summed E-state index contributed by atoms with van der Waals surface area (Å²) in [5.74, 6) is 0.251. The summed E-state index contributed by atoms with van der Waals surface area (Å²) in [4.78, 5) is 32.2. The molecular weight excluding hydrogens is 800 g/mol. The van der Waals surface area contributed by atoms with E-state index in [4.69, 9.17) is 20.3 Å². The average Bonchev–Trinajstić information content (AvgIpc) is 4.11. The summed E-state index contributed by atoms with van der Waals surface area (Å²) in [6.45, 7) is 5.70. The van der Waals surface area contributed by atoms with Crippen molar-refractivity contribution in [2.45, 2.75) is 38.5 Å². The third-order valence-corrected chi connectivity index (χ3v) is 10.7. The number of hydrazone groups is 1. The lowest BCUT2D eigenvalue weighted by Gasteiger charge is -2.19. The predicted molar refractivity (Wildman–Crippen MR) is 236 cm³/mol. The Morgan fingerprint density at radius 3 is 2.06 bits per heavy atom. The van der Waals surface area contributed by atoms with E-state index in [1.807, 2.05) is 72.5 Å². The van der Waals surface area contributed by atoms with E-state index in [2.05, 4.69) is 15.1 Å². The third kappa shape index (κ3) is 11.6. The zero-order valence-corrected chi connectivity index (χ0v) is 35.3. The average molecular weight is 853 g/mol. The summed E-state index contributed by atoms with van der Waals surface area (Å²) in [5, 5.41) is 7.79. The van der Waals surface area contributed by atoms with E-state index >= 15 is 0 Å². The lowest BCUT2D eigenvalue weighted by atomic mass is 9.95. The van der Waals surface area contributed by atoms with Gasteiger partial charge >= 0.3 is 0 Å². The Hall–Kier alpha value is -6.25. The molecule has 4 heterocycles. The van der Waals surface area contributed by atoms with Crippen LogP contribution < -0.4 is 9.47 Å². The number of nitrogens with zero attached hydrogens (tertiary/aromatic N) is 4. The topological polar surface area (TPSA) is 120 Å². The minimum atomic E-state index is -1.00. The number of halogens is 3. The molecule has 326 valence electrons. The van der Waals surface area contributed by atoms with Crippen molar-refractivity contribution >= 4 is 45.9 Å². The van der Waals surface area contributed by atoms with Crippen LogP contribution in [0.5, 0.6) is 11.5 Å². The van der Waals surface area contributed by atoms with Crippen molar-refractivity contribution in [3.63, 3.8) is 0 Å². The lowest BCUT2D eigenvalue weighted by Crippen LogP contribution is -2.27. The number of likely N-dealkylation sites (N-methyl/N-ethyl adjacent to an activating group) is 1. The van der Waals surface area contributed by atoms with Crippen molar-refractivity contribution in [1.29, 1.82) is 0 Å². The molecule has 4 aromatic carbocycles. The fraction of sp³-hybridized carbons (Fsp3) is 0.333. The van der Waals surface area contributed by atoms with Gasteiger partial charge in [-0.25, -0.2) is 13.8 Å². The first-order chi connectivity index (χ1) is 30.4. The highest BCUT2D eigenvalue weighted by molar-refractivity contribution is 5.91. The SMILES string of the molecule is Cc1cc(F)cc(C2CCOC2)c1OCC(=O)CN=Cc1ccc2cc[nH]c2c1.Cc1cc(F)cc(C2CCOC2)c1OCC(=O)N(C)/N=C/c1ccc2ccn(C)c2c1.[2H]CF. The Kier molecular flexibility index (Phi) is 15.2. The van der Waals surface area contributed by atoms with Crippen LogP contribution in [0.3, 0.4) is 0 Å². The van der Waals surface area contributed by atoms with Gasteiger partial charge in [0.25, 0.3) is 5.91 Å². The Bertz CT molecular complexity index is 2560. The number of nitrogens with one attached hydrogen (secondary N) is 1. The van der Waals surface area contributed by atoms with Crippen LogP contribution in [0.25, 0.3) is 21.8 Å². The van der Waals surface area contributed by atoms with Gasteiger partial charge in [0.05, 0.1) is 28.0 Å². The van der Waals surface area contributed by atoms with Crippen molar-refractivity contribution in [3.05, 3.63) is 130 Å². The van der Waals surface area contributed by atoms with E-state index in [9.17, 15) is 22.8 Å². The van der Waals surface area contributed by atoms with Crippen molar-refractivity contribution in [2.75, 3.05) is 60.4 Å². The second kappa shape index (κ2) is 21.5. The van der Waals surface area contributed by atoms with Gasteiger partial charge in [0.1, 0.15) is 36.3 Å². The molecule has 0 bridgehead atoms. The molecule has 2 aromatic heterocycles. The normalized spacial score (nSPS) is 16.3. The molecule has 1 amide bonds. The number of hydrogen-bond donors (Lipinski definition) is 1. The van der Waals surface area contributed by atoms with Gasteiger partial charge in [-0.2, -0.15) is 5.10 Å². The number of fused-ring (bicyclic) bond motifs is 2. The van der Waals surface area contributed by atoms with Crippen LogP contribution in [-0.2, 0) is 26.1 Å². The van der Waals surface area contributed by atoms with Crippen LogP contribution in [0, 0.1) is 25.5 Å². The zero-order valence-electron chi connectivity index (χ0n) is 36.3. The Morgan fingerprint density at radius 1 is 0.855 bits per heavy atom. The summed E-state index contributed by atoms with van der Waals surface area (Å²) in [6.07, 6.45) is 8.85. The number of rotatable bonds is 13. The third-order valence-electron chi connectivity index (χ3n) is 10.7. The van der Waals surface area contributed by atoms with Crippen LogP contribution in [0.1, 0.15) is 59.4 Å². The van der Waals surface area contributed by atoms with E-state index in [0.717, 1.165) is 56.9 Å². The first-order valence-electron chi connectivity index (χ1n) is 20.9. The molecule has 11 nitrogen and oxygen atoms in total. The minimum absolute atomic E-state index is 0.0326. The maximum atomic E-state index is 14.0. The van der Waals surface area contributed by atoms with Crippen molar-refractivity contribution < 1.29 is 43.1 Å². The van der Waals surface area contributed by atoms with E-state index < -0.39 is 7.15 Å². The smallest absolute Gasteiger partial charge is 0.280 e. The second-order valence-corrected chi connectivity index (χ2v) is 15.2. The summed E-state index contributed by atoms with van der Waals surface area (Å²) in [7, 11) is 2.58. The van der Waals surface area contributed by atoms with E-state index in [0.29, 0.717) is 49.1 Å². The number of alkyl halides is 1. The fourth-order valence-electron chi connectivity index (χ4n) is 7.47. The number of ether oxygens (including phenoxy) is 4. The molecule has 1 N–H and O–H groups in total. The number of aliphatic imine (C=N–C) groups is 1. The highest BCUT2D eigenvalue weighted by atomic mass is 19.1. The maximum absolute atomic E-state index is 14.0. The lowest BCUT2D eigenvalue weighted by molar-refractivity contribution is -0.132. The van der Waals surface area contributed by atoms with Gasteiger partial charge in [0.15, 0.2) is 12.4 Å². The van der Waals surface area contributed by atoms with Gasteiger partial charge in [-0.1, -0.05) is 24.3 Å². The Morgan fingerprint density at radius 2 is 1.45 bits per heavy atom. The molecule has 2 fully saturated rings. The standard InChI is InChI=1S/C24H26FN3O3.C23H23FN2O3.CH3F/c1-16-10-20(25)12-21(19-7-9-30-14-19)24(16)31-15-23(29)28(3)26-13-17-4-5-18-6-8-27(2)22(18)11-17;1-15-8-19(24)10-21(18-5-7-28-13-18)23(15)29-14-20(27)12-25-11-16-2-3-17-4-6-26-22(17)9-16;1-2/h4-6,8,10-13,19H,7,9,14-15H2,1-3H3;2-4,6,8-11,18,26H,5,7,12-14H2,1H3;1H3/b26-13+;;/i;;1D. The van der Waals surface area contributed by atoms with Gasteiger partial charge in [0.2, 0.25) is 0 Å². The van der Waals surface area contributed by atoms with Crippen LogP contribution >= 0.6 is 0 Å². The Labute approximate surface area is 360 Å². The fourth-order valence-corrected chi connectivity index (χ4v) is 7.47. The van der Waals surface area contributed by atoms with Gasteiger partial charge in [-0.3, -0.25) is 19.0 Å². The number of hydrogen-bond acceptors (Lipinski definition) is 8. The van der Waals surface area contributed by atoms with Crippen molar-refractivity contribution in [3.8, 4) is 11.5 Å². The van der Waals surface area contributed by atoms with Crippen LogP contribution in [-0.4, -0.2) is 99.1 Å². The zero-order chi connectivity index (χ0) is 44.9. The van der Waals surface area contributed by atoms with Gasteiger partial charge in [-0.05, 0) is 108 Å². The summed E-state index contributed by atoms with van der Waals surface area (Å²) in [5.41, 5.74) is 6.81. The second-order valence-electron chi connectivity index (χ2n) is 15.2. The summed E-state index contributed by atoms with van der Waals surface area (Å²) >= 11 is 0. The molecule has 62 heavy (non-hydrogen) atoms. The number of Topliss-reactive ketones (excluding diaryl/α,β-unsaturated/α-hetero) is 1. The van der Waals surface area contributed by atoms with Gasteiger partial charge in [-0.15, -0.1) is 0 Å². The first kappa shape index (κ1) is 43.8. The summed E-state index contributed by atoms with van der Waals surface area (Å²) < 4.78 is 67.9. The predicted octanol–water partition coefficient (Wildman–Crippen LogP) is 8.77. The first-order valence-corrected chi connectivity index (χ1v) is 20.2. The number of aromatic nitrogens is 2. The quantitative estimate of drug-likeness (QED) is 0.0917. The molecule has 14 heteroatoms. The molecule has 0 radical (unpaired) electrons. The van der Waals surface area contributed by atoms with E-state index in [1.54, 1.807) is 33.3 Å². The van der Waals surface area contributed by atoms with Crippen molar-refractivity contribution in [2.24, 2.45) is 17.1 Å². The number of carbonyl (C=O) groups is 2. The molecule has 2 aliphatic heterocycles. The summed E-state index contributed by atoms with van der Waals surface area (Å²) in [6, 6.07) is 21.8. The molecule has 6 aromatic rings. The van der Waals surface area contributed by atoms with Gasteiger partial charge in [0, 0.05) is 79.9 Å². The molecule has 0 aliphatic carbocycles. The van der Waals surface area contributed by atoms with Crippen molar-refractivity contribution in [1.82, 2.24) is 14.6 Å². The van der Waals surface area contributed by atoms with Crippen LogP contribution in [0.2, 0.25) is 0 Å². The number of benzene rings is 4. The molecule has 2 unspecified atom stereocenters. The molecule has 2 atom stereocenters. The van der Waals surface area contributed by atoms with Crippen LogP contribution in [0.15, 0.2) is 95.3 Å². The molecular formula is C48H52F3N5O6. The van der Waals surface area contributed by atoms with E-state index in [1.165, 1.54) is 29.3 Å². The number of aryl methyl sites for hydroxylation is 3. The minimum Gasteiger partial charge on any atom is -0.485 e. The largest absolute Gasteiger partial charge is 0.485 e. The number of H-pyrrole nitrogens is 1. The molecule has 0 spiro atoms. The molecule has 2 aliphatic rings. The number of amides is 1. The highest BCUT2D eigenvalue weighted by Gasteiger charge is 2.25. The maximum Gasteiger partial charge on any atom is 0.280 e. The molecule has 0 saturated carbocycles. The number of ketones is 1. The Balaban J connectivity index is 0.000000198. The molecule has 8 rings (SSSR count). The van der Waals surface area contributed by atoms with Gasteiger partial charge < -0.3 is 28.5 Å².